The first kappa shape index (κ1) is 10.4. The summed E-state index contributed by atoms with van der Waals surface area (Å²) in [6.45, 7) is 9.96. The summed E-state index contributed by atoms with van der Waals surface area (Å²) in [5, 5.41) is 0. The minimum absolute atomic E-state index is 0.244. The molecule has 2 N–H and O–H groups in total. The Morgan fingerprint density at radius 1 is 1.29 bits per heavy atom. The van der Waals surface area contributed by atoms with E-state index in [1.807, 2.05) is 13.8 Å². The van der Waals surface area contributed by atoms with Gasteiger partial charge in [0.15, 0.2) is 5.79 Å². The Labute approximate surface area is 85.9 Å². The van der Waals surface area contributed by atoms with Crippen LogP contribution in [0.25, 0.3) is 0 Å². The van der Waals surface area contributed by atoms with Crippen molar-refractivity contribution in [3.05, 3.63) is 0 Å². The van der Waals surface area contributed by atoms with Crippen molar-refractivity contribution in [2.75, 3.05) is 13.2 Å². The second-order valence-corrected chi connectivity index (χ2v) is 5.56. The van der Waals surface area contributed by atoms with Crippen LogP contribution in [-0.4, -0.2) is 25.0 Å². The Morgan fingerprint density at radius 3 is 2.29 bits per heavy atom. The van der Waals surface area contributed by atoms with Gasteiger partial charge in [-0.1, -0.05) is 13.8 Å². The highest BCUT2D eigenvalue weighted by atomic mass is 16.7. The molecule has 0 amide bonds. The van der Waals surface area contributed by atoms with Crippen LogP contribution >= 0.6 is 0 Å². The first-order valence-corrected chi connectivity index (χ1v) is 5.40. The van der Waals surface area contributed by atoms with Crippen molar-refractivity contribution < 1.29 is 9.47 Å². The minimum Gasteiger partial charge on any atom is -0.348 e. The molecule has 0 spiro atoms. The fraction of sp³-hybridized carbons (Fsp3) is 1.00. The Hall–Kier alpha value is -0.120. The van der Waals surface area contributed by atoms with Crippen LogP contribution in [0.15, 0.2) is 0 Å². The Morgan fingerprint density at radius 2 is 1.93 bits per heavy atom. The van der Waals surface area contributed by atoms with E-state index in [9.17, 15) is 0 Å². The largest absolute Gasteiger partial charge is 0.348 e. The molecule has 0 bridgehead atoms. The van der Waals surface area contributed by atoms with E-state index in [2.05, 4.69) is 13.8 Å². The van der Waals surface area contributed by atoms with Gasteiger partial charge in [0.1, 0.15) is 0 Å². The molecule has 0 aromatic rings. The molecule has 14 heavy (non-hydrogen) atoms. The number of hydrogen-bond donors (Lipinski definition) is 1. The van der Waals surface area contributed by atoms with E-state index in [-0.39, 0.29) is 6.10 Å². The monoisotopic (exact) mass is 199 g/mol. The molecule has 1 unspecified atom stereocenters. The van der Waals surface area contributed by atoms with Crippen LogP contribution in [0.4, 0.5) is 0 Å². The average molecular weight is 199 g/mol. The van der Waals surface area contributed by atoms with Crippen LogP contribution in [0.1, 0.15) is 27.7 Å². The van der Waals surface area contributed by atoms with Gasteiger partial charge in [0.25, 0.3) is 0 Å². The molecule has 0 radical (unpaired) electrons. The molecular weight excluding hydrogens is 178 g/mol. The second kappa shape index (κ2) is 2.94. The van der Waals surface area contributed by atoms with Gasteiger partial charge in [0, 0.05) is 0 Å². The summed E-state index contributed by atoms with van der Waals surface area (Å²) in [6, 6.07) is 0. The van der Waals surface area contributed by atoms with Gasteiger partial charge in [-0.25, -0.2) is 0 Å². The molecule has 1 aliphatic heterocycles. The summed E-state index contributed by atoms with van der Waals surface area (Å²) in [7, 11) is 0. The summed E-state index contributed by atoms with van der Waals surface area (Å²) < 4.78 is 11.4. The third-order valence-electron chi connectivity index (χ3n) is 3.82. The third kappa shape index (κ3) is 1.47. The highest BCUT2D eigenvalue weighted by molar-refractivity contribution is 5.09. The number of ether oxygens (including phenoxy) is 2. The van der Waals surface area contributed by atoms with Crippen LogP contribution in [0.3, 0.4) is 0 Å². The van der Waals surface area contributed by atoms with Crippen LogP contribution in [0, 0.1) is 17.3 Å². The molecule has 82 valence electrons. The van der Waals surface area contributed by atoms with Crippen molar-refractivity contribution in [2.45, 2.75) is 39.6 Å². The van der Waals surface area contributed by atoms with Crippen molar-refractivity contribution in [2.24, 2.45) is 23.0 Å². The molecular formula is C11H21NO2. The van der Waals surface area contributed by atoms with Gasteiger partial charge in [0.05, 0.1) is 12.7 Å². The summed E-state index contributed by atoms with van der Waals surface area (Å²) in [5.74, 6) is 0.780. The molecule has 2 aliphatic rings. The van der Waals surface area contributed by atoms with E-state index in [0.29, 0.717) is 17.3 Å². The van der Waals surface area contributed by atoms with E-state index in [0.717, 1.165) is 13.2 Å². The fourth-order valence-corrected chi connectivity index (χ4v) is 2.87. The lowest BCUT2D eigenvalue weighted by Crippen LogP contribution is -2.23. The van der Waals surface area contributed by atoms with Crippen molar-refractivity contribution in [3.63, 3.8) is 0 Å². The predicted octanol–water partition coefficient (Wildman–Crippen LogP) is 1.37. The maximum atomic E-state index is 5.86. The second-order valence-electron chi connectivity index (χ2n) is 5.56. The predicted molar refractivity (Wildman–Crippen MR) is 54.7 cm³/mol. The van der Waals surface area contributed by atoms with Crippen molar-refractivity contribution in [3.8, 4) is 0 Å². The first-order valence-electron chi connectivity index (χ1n) is 5.40. The highest BCUT2D eigenvalue weighted by Crippen LogP contribution is 2.61. The SMILES string of the molecule is CC1(C)OCC([C@@H]2[C@@H](CN)C2(C)C)O1. The molecule has 3 atom stereocenters. The molecule has 0 aromatic heterocycles. The standard InChI is InChI=1S/C11H21NO2/c1-10(2)7(5-12)9(10)8-6-13-11(3,4)14-8/h7-9H,5-6,12H2,1-4H3/t7-,8?,9+/m1/s1. The minimum atomic E-state index is -0.400. The van der Waals surface area contributed by atoms with Gasteiger partial charge in [-0.2, -0.15) is 0 Å². The van der Waals surface area contributed by atoms with E-state index in [1.54, 1.807) is 0 Å². The van der Waals surface area contributed by atoms with Crippen LogP contribution in [-0.2, 0) is 9.47 Å². The van der Waals surface area contributed by atoms with Crippen molar-refractivity contribution >= 4 is 0 Å². The van der Waals surface area contributed by atoms with Gasteiger partial charge < -0.3 is 15.2 Å². The molecule has 3 nitrogen and oxygen atoms in total. The van der Waals surface area contributed by atoms with Gasteiger partial charge in [0.2, 0.25) is 0 Å². The highest BCUT2D eigenvalue weighted by Gasteiger charge is 2.62. The zero-order chi connectivity index (χ0) is 10.6. The quantitative estimate of drug-likeness (QED) is 0.730. The first-order chi connectivity index (χ1) is 6.38. The van der Waals surface area contributed by atoms with Crippen molar-refractivity contribution in [1.82, 2.24) is 0 Å². The molecule has 0 aromatic carbocycles. The maximum absolute atomic E-state index is 5.86. The van der Waals surface area contributed by atoms with Crippen LogP contribution < -0.4 is 5.73 Å². The molecule has 2 rings (SSSR count). The molecule has 3 heteroatoms. The van der Waals surface area contributed by atoms with Gasteiger partial charge in [-0.3, -0.25) is 0 Å². The molecule has 1 saturated carbocycles. The summed E-state index contributed by atoms with van der Waals surface area (Å²) >= 11 is 0. The van der Waals surface area contributed by atoms with E-state index >= 15 is 0 Å². The van der Waals surface area contributed by atoms with Crippen LogP contribution in [0.5, 0.6) is 0 Å². The zero-order valence-corrected chi connectivity index (χ0v) is 9.54. The smallest absolute Gasteiger partial charge is 0.163 e. The van der Waals surface area contributed by atoms with E-state index < -0.39 is 5.79 Å². The zero-order valence-electron chi connectivity index (χ0n) is 9.54. The Bertz CT molecular complexity index is 237. The number of nitrogens with two attached hydrogens (primary N) is 1. The molecule has 1 heterocycles. The van der Waals surface area contributed by atoms with Crippen molar-refractivity contribution in [1.29, 1.82) is 0 Å². The number of hydrogen-bond acceptors (Lipinski definition) is 3. The topological polar surface area (TPSA) is 44.5 Å². The fourth-order valence-electron chi connectivity index (χ4n) is 2.87. The summed E-state index contributed by atoms with van der Waals surface area (Å²) in [4.78, 5) is 0. The molecule has 1 saturated heterocycles. The van der Waals surface area contributed by atoms with E-state index in [4.69, 9.17) is 15.2 Å². The lowest BCUT2D eigenvalue weighted by molar-refractivity contribution is -0.141. The average Bonchev–Trinajstić information content (AvgIpc) is 2.41. The number of rotatable bonds is 2. The maximum Gasteiger partial charge on any atom is 0.163 e. The molecule has 2 fully saturated rings. The van der Waals surface area contributed by atoms with Crippen LogP contribution in [0.2, 0.25) is 0 Å². The van der Waals surface area contributed by atoms with Gasteiger partial charge >= 0.3 is 0 Å². The van der Waals surface area contributed by atoms with E-state index in [1.165, 1.54) is 0 Å². The normalized spacial score (nSPS) is 43.9. The lowest BCUT2D eigenvalue weighted by Gasteiger charge is -2.17. The van der Waals surface area contributed by atoms with Gasteiger partial charge in [-0.15, -0.1) is 0 Å². The Balaban J connectivity index is 2.00. The Kier molecular flexibility index (Phi) is 2.18. The van der Waals surface area contributed by atoms with Gasteiger partial charge in [-0.05, 0) is 37.6 Å². The summed E-state index contributed by atoms with van der Waals surface area (Å²) in [5.41, 5.74) is 6.08. The lowest BCUT2D eigenvalue weighted by atomic mass is 10.1. The summed E-state index contributed by atoms with van der Waals surface area (Å²) in [6.07, 6.45) is 0.244. The molecule has 1 aliphatic carbocycles. The third-order valence-corrected chi connectivity index (χ3v) is 3.82.